The molecule has 0 radical (unpaired) electrons. The van der Waals surface area contributed by atoms with Gasteiger partial charge in [0, 0.05) is 5.82 Å². The fourth-order valence-electron chi connectivity index (χ4n) is 1.45. The molecule has 0 aromatic rings. The number of allylic oxidation sites excluding steroid dienone is 1. The van der Waals surface area contributed by atoms with Crippen molar-refractivity contribution in [1.82, 2.24) is 0 Å². The molecule has 0 atom stereocenters. The zero-order valence-electron chi connectivity index (χ0n) is 12.2. The van der Waals surface area contributed by atoms with E-state index in [4.69, 9.17) is 9.05 Å². The summed E-state index contributed by atoms with van der Waals surface area (Å²) in [7, 11) is -3.00. The van der Waals surface area contributed by atoms with Gasteiger partial charge in [0.15, 0.2) is 0 Å². The first-order valence-electron chi connectivity index (χ1n) is 7.25. The lowest BCUT2D eigenvalue weighted by atomic mass is 10.3. The largest absolute Gasteiger partial charge is 0.353 e. The van der Waals surface area contributed by atoms with Crippen LogP contribution in [-0.2, 0) is 13.6 Å². The number of rotatable bonds is 12. The van der Waals surface area contributed by atoms with Crippen molar-refractivity contribution in [3.05, 3.63) is 11.9 Å². The van der Waals surface area contributed by atoms with E-state index in [1.54, 1.807) is 5.82 Å². The van der Waals surface area contributed by atoms with Crippen LogP contribution in [0.5, 0.6) is 0 Å². The Morgan fingerprint density at radius 3 is 1.78 bits per heavy atom. The molecule has 0 amide bonds. The minimum absolute atomic E-state index is 0.521. The van der Waals surface area contributed by atoms with Gasteiger partial charge in [-0.2, -0.15) is 0 Å². The highest BCUT2D eigenvalue weighted by Crippen LogP contribution is 2.50. The first kappa shape index (κ1) is 17.9. The molecule has 0 bridgehead atoms. The van der Waals surface area contributed by atoms with Crippen LogP contribution in [0.1, 0.15) is 65.7 Å². The van der Waals surface area contributed by atoms with Gasteiger partial charge in [-0.3, -0.25) is 4.57 Å². The molecule has 0 aliphatic carbocycles. The van der Waals surface area contributed by atoms with Crippen LogP contribution in [0.25, 0.3) is 0 Å². The fourth-order valence-corrected chi connectivity index (χ4v) is 2.93. The van der Waals surface area contributed by atoms with E-state index in [0.717, 1.165) is 44.9 Å². The SMILES string of the molecule is CCC=CP(=O)(OCCCCC)OCCCCC. The summed E-state index contributed by atoms with van der Waals surface area (Å²) in [4.78, 5) is 0. The van der Waals surface area contributed by atoms with Crippen molar-refractivity contribution in [1.29, 1.82) is 0 Å². The number of hydrogen-bond acceptors (Lipinski definition) is 3. The minimum Gasteiger partial charge on any atom is -0.306 e. The molecule has 3 nitrogen and oxygen atoms in total. The normalized spacial score (nSPS) is 12.4. The second kappa shape index (κ2) is 12.0. The molecule has 0 aromatic heterocycles. The fraction of sp³-hybridized carbons (Fsp3) is 0.857. The molecule has 0 aliphatic rings. The maximum absolute atomic E-state index is 12.4. The van der Waals surface area contributed by atoms with E-state index in [0.29, 0.717) is 13.2 Å². The standard InChI is InChI=1S/C14H29O3P/c1-4-7-10-12-16-18(15,14-9-6-3)17-13-11-8-5-2/h9,14H,4-8,10-13H2,1-3H3. The monoisotopic (exact) mass is 276 g/mol. The van der Waals surface area contributed by atoms with E-state index in [-0.39, 0.29) is 0 Å². The van der Waals surface area contributed by atoms with Crippen LogP contribution in [-0.4, -0.2) is 13.2 Å². The highest BCUT2D eigenvalue weighted by atomic mass is 31.2. The molecular weight excluding hydrogens is 247 g/mol. The molecule has 0 N–H and O–H groups in total. The summed E-state index contributed by atoms with van der Waals surface area (Å²) in [6.45, 7) is 7.32. The van der Waals surface area contributed by atoms with Crippen molar-refractivity contribution < 1.29 is 13.6 Å². The third-order valence-electron chi connectivity index (χ3n) is 2.56. The van der Waals surface area contributed by atoms with Crippen LogP contribution in [0.4, 0.5) is 0 Å². The van der Waals surface area contributed by atoms with Gasteiger partial charge in [0.2, 0.25) is 0 Å². The lowest BCUT2D eigenvalue weighted by Gasteiger charge is -2.15. The lowest BCUT2D eigenvalue weighted by molar-refractivity contribution is 0.206. The van der Waals surface area contributed by atoms with Gasteiger partial charge in [-0.15, -0.1) is 0 Å². The summed E-state index contributed by atoms with van der Waals surface area (Å²) < 4.78 is 23.3. The molecule has 0 aromatic carbocycles. The van der Waals surface area contributed by atoms with Gasteiger partial charge in [0.1, 0.15) is 0 Å². The second-order valence-electron chi connectivity index (χ2n) is 4.41. The van der Waals surface area contributed by atoms with Crippen molar-refractivity contribution in [3.63, 3.8) is 0 Å². The molecule has 0 saturated heterocycles. The van der Waals surface area contributed by atoms with Crippen LogP contribution >= 0.6 is 7.60 Å². The molecule has 0 rings (SSSR count). The van der Waals surface area contributed by atoms with Crippen molar-refractivity contribution in [2.24, 2.45) is 0 Å². The van der Waals surface area contributed by atoms with Crippen molar-refractivity contribution in [2.75, 3.05) is 13.2 Å². The molecule has 0 fully saturated rings. The van der Waals surface area contributed by atoms with Crippen LogP contribution in [0.15, 0.2) is 11.9 Å². The number of hydrogen-bond donors (Lipinski definition) is 0. The van der Waals surface area contributed by atoms with Crippen molar-refractivity contribution >= 4 is 7.60 Å². The molecule has 0 unspecified atom stereocenters. The van der Waals surface area contributed by atoms with E-state index in [2.05, 4.69) is 13.8 Å². The molecule has 4 heteroatoms. The molecule has 0 heterocycles. The highest BCUT2D eigenvalue weighted by Gasteiger charge is 2.19. The third-order valence-corrected chi connectivity index (χ3v) is 4.22. The summed E-state index contributed by atoms with van der Waals surface area (Å²) in [6, 6.07) is 0. The van der Waals surface area contributed by atoms with E-state index in [1.807, 2.05) is 13.0 Å². The molecule has 18 heavy (non-hydrogen) atoms. The Labute approximate surface area is 112 Å². The first-order chi connectivity index (χ1) is 8.68. The summed E-state index contributed by atoms with van der Waals surface area (Å²) >= 11 is 0. The zero-order valence-corrected chi connectivity index (χ0v) is 13.1. The predicted molar refractivity (Wildman–Crippen MR) is 78.0 cm³/mol. The topological polar surface area (TPSA) is 35.5 Å². The Morgan fingerprint density at radius 1 is 0.889 bits per heavy atom. The first-order valence-corrected chi connectivity index (χ1v) is 8.86. The maximum atomic E-state index is 12.4. The van der Waals surface area contributed by atoms with Gasteiger partial charge in [0.25, 0.3) is 0 Å². The molecule has 108 valence electrons. The lowest BCUT2D eigenvalue weighted by Crippen LogP contribution is -1.98. The van der Waals surface area contributed by atoms with Gasteiger partial charge in [-0.1, -0.05) is 52.5 Å². The van der Waals surface area contributed by atoms with E-state index in [9.17, 15) is 4.57 Å². The van der Waals surface area contributed by atoms with Crippen molar-refractivity contribution in [2.45, 2.75) is 65.7 Å². The van der Waals surface area contributed by atoms with Crippen LogP contribution < -0.4 is 0 Å². The Morgan fingerprint density at radius 2 is 1.39 bits per heavy atom. The predicted octanol–water partition coefficient (Wildman–Crippen LogP) is 5.52. The zero-order chi connectivity index (χ0) is 13.7. The smallest absolute Gasteiger partial charge is 0.306 e. The Bertz CT molecular complexity index is 235. The van der Waals surface area contributed by atoms with Gasteiger partial charge < -0.3 is 9.05 Å². The maximum Gasteiger partial charge on any atom is 0.353 e. The van der Waals surface area contributed by atoms with E-state index in [1.165, 1.54) is 0 Å². The number of unbranched alkanes of at least 4 members (excludes halogenated alkanes) is 4. The van der Waals surface area contributed by atoms with Gasteiger partial charge in [0.05, 0.1) is 13.2 Å². The molecule has 0 spiro atoms. The summed E-state index contributed by atoms with van der Waals surface area (Å²) in [5, 5.41) is 0. The molecular formula is C14H29O3P. The Balaban J connectivity index is 4.08. The van der Waals surface area contributed by atoms with Crippen molar-refractivity contribution in [3.8, 4) is 0 Å². The molecule has 0 saturated carbocycles. The van der Waals surface area contributed by atoms with Crippen LogP contribution in [0, 0.1) is 0 Å². The van der Waals surface area contributed by atoms with E-state index < -0.39 is 7.60 Å². The van der Waals surface area contributed by atoms with E-state index >= 15 is 0 Å². The average molecular weight is 276 g/mol. The average Bonchev–Trinajstić information content (AvgIpc) is 2.38. The quantitative estimate of drug-likeness (QED) is 0.348. The summed E-state index contributed by atoms with van der Waals surface area (Å²) in [6.07, 6.45) is 9.07. The third kappa shape index (κ3) is 9.87. The van der Waals surface area contributed by atoms with Gasteiger partial charge in [-0.05, 0) is 19.3 Å². The Kier molecular flexibility index (Phi) is 11.9. The summed E-state index contributed by atoms with van der Waals surface area (Å²) in [5.41, 5.74) is 0. The van der Waals surface area contributed by atoms with Crippen LogP contribution in [0.2, 0.25) is 0 Å². The minimum atomic E-state index is -3.00. The second-order valence-corrected chi connectivity index (χ2v) is 6.31. The van der Waals surface area contributed by atoms with Gasteiger partial charge in [-0.25, -0.2) is 0 Å². The van der Waals surface area contributed by atoms with Gasteiger partial charge >= 0.3 is 7.60 Å². The summed E-state index contributed by atoms with van der Waals surface area (Å²) in [5.74, 6) is 1.62. The molecule has 0 aliphatic heterocycles. The van der Waals surface area contributed by atoms with Crippen LogP contribution in [0.3, 0.4) is 0 Å². The Hall–Kier alpha value is -0.110. The highest BCUT2D eigenvalue weighted by molar-refractivity contribution is 7.57.